The summed E-state index contributed by atoms with van der Waals surface area (Å²) in [6, 6.07) is 5.18. The molecule has 2 aromatic heterocycles. The summed E-state index contributed by atoms with van der Waals surface area (Å²) < 4.78 is 61.6. The van der Waals surface area contributed by atoms with Gasteiger partial charge in [-0.25, -0.2) is 22.8 Å². The van der Waals surface area contributed by atoms with E-state index in [1.165, 1.54) is 23.7 Å². The molecule has 2 N–H and O–H groups in total. The number of hydrogen-bond acceptors (Lipinski definition) is 11. The molecule has 38 heavy (non-hydrogen) atoms. The number of nitrogens with zero attached hydrogens (tertiary/aromatic N) is 6. The standard InChI is InChI=1S/C23H28FN7O6S/c1-35-17-5-3-6-18(36-2)20(17)31-21(19-7-4-8-37-19)27-28-23(31)29-38(33,34)16-9-15(32)12-30(13-16)22-25-10-14(24)11-26-22/h3,5-6,10-11,15-16,19,32H,4,7-9,12-13H2,1-2H3,(H,28,29)/t15?,16?,19-/m1/s1. The number of hydrogen-bond donors (Lipinski definition) is 2. The number of aliphatic hydroxyl groups excluding tert-OH is 1. The first-order valence-corrected chi connectivity index (χ1v) is 13.6. The Kier molecular flexibility index (Phi) is 7.32. The molecule has 4 heterocycles. The molecule has 13 nitrogen and oxygen atoms in total. The molecule has 1 aromatic carbocycles. The van der Waals surface area contributed by atoms with E-state index >= 15 is 0 Å². The van der Waals surface area contributed by atoms with Crippen molar-refractivity contribution in [3.63, 3.8) is 0 Å². The third kappa shape index (κ3) is 5.08. The first-order chi connectivity index (χ1) is 18.3. The van der Waals surface area contributed by atoms with Crippen LogP contribution in [0.25, 0.3) is 5.69 Å². The van der Waals surface area contributed by atoms with Crippen molar-refractivity contribution < 1.29 is 32.1 Å². The Morgan fingerprint density at radius 3 is 2.47 bits per heavy atom. The number of anilines is 2. The van der Waals surface area contributed by atoms with E-state index in [0.29, 0.717) is 36.0 Å². The minimum atomic E-state index is -4.13. The molecule has 5 rings (SSSR count). The largest absolute Gasteiger partial charge is 0.494 e. The van der Waals surface area contributed by atoms with E-state index in [1.807, 2.05) is 0 Å². The van der Waals surface area contributed by atoms with Crippen molar-refractivity contribution in [1.29, 1.82) is 0 Å². The van der Waals surface area contributed by atoms with Crippen molar-refractivity contribution >= 4 is 21.9 Å². The first kappa shape index (κ1) is 26.1. The summed E-state index contributed by atoms with van der Waals surface area (Å²) in [6.07, 6.45) is 2.07. The highest BCUT2D eigenvalue weighted by atomic mass is 32.2. The van der Waals surface area contributed by atoms with Gasteiger partial charge >= 0.3 is 0 Å². The van der Waals surface area contributed by atoms with Crippen molar-refractivity contribution in [3.8, 4) is 17.2 Å². The summed E-state index contributed by atoms with van der Waals surface area (Å²) in [5, 5.41) is 17.8. The summed E-state index contributed by atoms with van der Waals surface area (Å²) in [5.74, 6) is 0.641. The van der Waals surface area contributed by atoms with Crippen molar-refractivity contribution in [3.05, 3.63) is 42.2 Å². The van der Waals surface area contributed by atoms with Gasteiger partial charge in [-0.1, -0.05) is 6.07 Å². The van der Waals surface area contributed by atoms with Crippen LogP contribution in [0.5, 0.6) is 11.5 Å². The highest BCUT2D eigenvalue weighted by Gasteiger charge is 2.38. The summed E-state index contributed by atoms with van der Waals surface area (Å²) >= 11 is 0. The van der Waals surface area contributed by atoms with E-state index in [2.05, 4.69) is 24.9 Å². The van der Waals surface area contributed by atoms with Crippen molar-refractivity contribution in [2.24, 2.45) is 0 Å². The minimum absolute atomic E-state index is 0.0251. The molecule has 0 spiro atoms. The lowest BCUT2D eigenvalue weighted by Crippen LogP contribution is -2.50. The van der Waals surface area contributed by atoms with Crippen LogP contribution in [0.15, 0.2) is 30.6 Å². The number of aliphatic hydroxyl groups is 1. The van der Waals surface area contributed by atoms with Crippen molar-refractivity contribution in [1.82, 2.24) is 24.7 Å². The van der Waals surface area contributed by atoms with Gasteiger partial charge in [-0.15, -0.1) is 10.2 Å². The number of rotatable bonds is 8. The van der Waals surface area contributed by atoms with Crippen LogP contribution in [0.4, 0.5) is 16.3 Å². The van der Waals surface area contributed by atoms with Crippen LogP contribution >= 0.6 is 0 Å². The molecule has 15 heteroatoms. The monoisotopic (exact) mass is 549 g/mol. The molecule has 0 radical (unpaired) electrons. The molecular formula is C23H28FN7O6S. The lowest BCUT2D eigenvalue weighted by atomic mass is 10.1. The topological polar surface area (TPSA) is 154 Å². The second kappa shape index (κ2) is 10.7. The van der Waals surface area contributed by atoms with Gasteiger partial charge in [0.15, 0.2) is 11.6 Å². The smallest absolute Gasteiger partial charge is 0.243 e. The second-order valence-corrected chi connectivity index (χ2v) is 11.0. The lowest BCUT2D eigenvalue weighted by molar-refractivity contribution is 0.103. The Bertz CT molecular complexity index is 1360. The van der Waals surface area contributed by atoms with Gasteiger partial charge in [0.25, 0.3) is 0 Å². The zero-order chi connectivity index (χ0) is 26.9. The fraction of sp³-hybridized carbons (Fsp3) is 0.478. The van der Waals surface area contributed by atoms with Gasteiger partial charge in [0.1, 0.15) is 28.5 Å². The average molecular weight is 550 g/mol. The van der Waals surface area contributed by atoms with E-state index in [9.17, 15) is 17.9 Å². The fourth-order valence-electron chi connectivity index (χ4n) is 4.72. The van der Waals surface area contributed by atoms with Crippen LogP contribution in [-0.4, -0.2) is 83.5 Å². The summed E-state index contributed by atoms with van der Waals surface area (Å²) in [5.41, 5.74) is 0.413. The third-order valence-electron chi connectivity index (χ3n) is 6.48. The predicted octanol–water partition coefficient (Wildman–Crippen LogP) is 1.45. The minimum Gasteiger partial charge on any atom is -0.494 e. The molecule has 204 valence electrons. The zero-order valence-corrected chi connectivity index (χ0v) is 21.6. The van der Waals surface area contributed by atoms with Gasteiger partial charge in [-0.3, -0.25) is 9.29 Å². The number of ether oxygens (including phenoxy) is 3. The average Bonchev–Trinajstić information content (AvgIpc) is 3.58. The lowest BCUT2D eigenvalue weighted by Gasteiger charge is -2.35. The molecule has 2 fully saturated rings. The maximum Gasteiger partial charge on any atom is 0.243 e. The van der Waals surface area contributed by atoms with Crippen molar-refractivity contribution in [2.75, 3.05) is 43.5 Å². The number of sulfonamides is 1. The van der Waals surface area contributed by atoms with Crippen molar-refractivity contribution in [2.45, 2.75) is 36.7 Å². The van der Waals surface area contributed by atoms with E-state index in [4.69, 9.17) is 14.2 Å². The number of benzene rings is 1. The number of methoxy groups -OCH3 is 2. The maximum absolute atomic E-state index is 13.6. The van der Waals surface area contributed by atoms with Gasteiger partial charge in [0.05, 0.1) is 32.7 Å². The molecule has 2 aliphatic heterocycles. The highest BCUT2D eigenvalue weighted by Crippen LogP contribution is 2.39. The van der Waals surface area contributed by atoms with Gasteiger partial charge < -0.3 is 24.2 Å². The van der Waals surface area contributed by atoms with Gasteiger partial charge in [0, 0.05) is 19.7 Å². The maximum atomic E-state index is 13.6. The predicted molar refractivity (Wildman–Crippen MR) is 134 cm³/mol. The fourth-order valence-corrected chi connectivity index (χ4v) is 6.12. The van der Waals surface area contributed by atoms with Crippen LogP contribution in [0.1, 0.15) is 31.2 Å². The Morgan fingerprint density at radius 2 is 1.84 bits per heavy atom. The van der Waals surface area contributed by atoms with E-state index < -0.39 is 33.3 Å². The molecule has 0 amide bonds. The Balaban J connectivity index is 1.51. The second-order valence-electron chi connectivity index (χ2n) is 8.99. The molecule has 3 atom stereocenters. The van der Waals surface area contributed by atoms with Crippen LogP contribution in [0, 0.1) is 5.82 Å². The summed E-state index contributed by atoms with van der Waals surface area (Å²) in [7, 11) is -1.14. The first-order valence-electron chi connectivity index (χ1n) is 12.0. The molecule has 2 aliphatic rings. The van der Waals surface area contributed by atoms with E-state index in [0.717, 1.165) is 18.8 Å². The van der Waals surface area contributed by atoms with Gasteiger partial charge in [-0.2, -0.15) is 0 Å². The number of β-amino-alcohol motifs (C(OH)–C–C–N with tert-alkyl or cyclic N) is 1. The normalized spacial score (nSPS) is 21.9. The van der Waals surface area contributed by atoms with E-state index in [1.54, 1.807) is 18.2 Å². The molecule has 2 unspecified atom stereocenters. The van der Waals surface area contributed by atoms with E-state index in [-0.39, 0.29) is 31.4 Å². The Morgan fingerprint density at radius 1 is 1.13 bits per heavy atom. The van der Waals surface area contributed by atoms with Gasteiger partial charge in [0.2, 0.25) is 21.9 Å². The molecular weight excluding hydrogens is 521 g/mol. The Hall–Kier alpha value is -3.56. The van der Waals surface area contributed by atoms with Gasteiger partial charge in [-0.05, 0) is 31.4 Å². The van der Waals surface area contributed by atoms with Crippen LogP contribution in [0.2, 0.25) is 0 Å². The number of nitrogens with one attached hydrogen (secondary N) is 1. The molecule has 0 aliphatic carbocycles. The molecule has 3 aromatic rings. The zero-order valence-electron chi connectivity index (χ0n) is 20.8. The molecule has 0 bridgehead atoms. The number of halogens is 1. The highest BCUT2D eigenvalue weighted by molar-refractivity contribution is 7.93. The summed E-state index contributed by atoms with van der Waals surface area (Å²) in [4.78, 5) is 9.35. The quantitative estimate of drug-likeness (QED) is 0.420. The van der Waals surface area contributed by atoms with Crippen LogP contribution < -0.4 is 19.1 Å². The third-order valence-corrected chi connectivity index (χ3v) is 8.17. The molecule has 0 saturated carbocycles. The van der Waals surface area contributed by atoms with Crippen LogP contribution in [0.3, 0.4) is 0 Å². The number of aromatic nitrogens is 5. The number of para-hydroxylation sites is 1. The molecule has 2 saturated heterocycles. The Labute approximate surface area is 218 Å². The SMILES string of the molecule is COc1cccc(OC)c1-n1c(NS(=O)(=O)C2CC(O)CN(c3ncc(F)cn3)C2)nnc1[C@H]1CCCO1. The number of piperidine rings is 1. The summed E-state index contributed by atoms with van der Waals surface area (Å²) in [6.45, 7) is 0.626. The van der Waals surface area contributed by atoms with Crippen LogP contribution in [-0.2, 0) is 14.8 Å².